The molecular formula is C76H141NO8. The number of aliphatic hydroxyl groups is 5. The molecule has 9 nitrogen and oxygen atoms in total. The number of ether oxygens (including phenoxy) is 2. The lowest BCUT2D eigenvalue weighted by Gasteiger charge is -2.40. The summed E-state index contributed by atoms with van der Waals surface area (Å²) in [5.74, 6) is -0.185. The molecular weight excluding hydrogens is 1050 g/mol. The van der Waals surface area contributed by atoms with Gasteiger partial charge in [0.2, 0.25) is 5.91 Å². The molecule has 9 heteroatoms. The zero-order valence-electron chi connectivity index (χ0n) is 55.9. The summed E-state index contributed by atoms with van der Waals surface area (Å²) >= 11 is 0. The van der Waals surface area contributed by atoms with Crippen LogP contribution in [0.4, 0.5) is 0 Å². The molecule has 0 bridgehead atoms. The third-order valence-electron chi connectivity index (χ3n) is 17.5. The van der Waals surface area contributed by atoms with Crippen LogP contribution in [-0.2, 0) is 14.3 Å². The SMILES string of the molecule is CCCCCCC/C=C\C/C=C\CCCCCCCCCCCCCCCCCCCCCCCCCC(=O)NC(COC1OC(CO)C(O)C(O)C1O)C(O)/C=C/CC/C=C/CC/C=C/CCCCCCCCCCCCCCCCCCC. The molecule has 1 aliphatic rings. The fraction of sp³-hybridized carbons (Fsp3) is 0.855. The summed E-state index contributed by atoms with van der Waals surface area (Å²) in [6, 6.07) is -0.830. The van der Waals surface area contributed by atoms with E-state index in [1.54, 1.807) is 6.08 Å². The first-order chi connectivity index (χ1) is 41.8. The first kappa shape index (κ1) is 80.9. The van der Waals surface area contributed by atoms with Gasteiger partial charge in [0.05, 0.1) is 25.4 Å². The minimum atomic E-state index is -1.58. The van der Waals surface area contributed by atoms with E-state index < -0.39 is 49.5 Å². The van der Waals surface area contributed by atoms with Crippen LogP contribution in [0, 0.1) is 0 Å². The third-order valence-corrected chi connectivity index (χ3v) is 17.5. The molecule has 1 aliphatic heterocycles. The lowest BCUT2D eigenvalue weighted by atomic mass is 9.99. The van der Waals surface area contributed by atoms with Crippen molar-refractivity contribution in [2.45, 2.75) is 403 Å². The van der Waals surface area contributed by atoms with E-state index in [0.717, 1.165) is 51.4 Å². The second-order valence-corrected chi connectivity index (χ2v) is 25.7. The number of allylic oxidation sites excluding steroid dienone is 9. The van der Waals surface area contributed by atoms with Crippen LogP contribution >= 0.6 is 0 Å². The molecule has 1 rings (SSSR count). The van der Waals surface area contributed by atoms with Crippen LogP contribution in [0.15, 0.2) is 60.8 Å². The molecule has 0 aromatic carbocycles. The smallest absolute Gasteiger partial charge is 0.220 e. The van der Waals surface area contributed by atoms with Gasteiger partial charge < -0.3 is 40.3 Å². The highest BCUT2D eigenvalue weighted by Crippen LogP contribution is 2.23. The molecule has 7 atom stereocenters. The van der Waals surface area contributed by atoms with Crippen LogP contribution in [0.1, 0.15) is 361 Å². The third kappa shape index (κ3) is 53.4. The highest BCUT2D eigenvalue weighted by atomic mass is 16.7. The maximum atomic E-state index is 13.1. The molecule has 6 N–H and O–H groups in total. The Morgan fingerprint density at radius 2 is 0.706 bits per heavy atom. The highest BCUT2D eigenvalue weighted by molar-refractivity contribution is 5.76. The minimum absolute atomic E-state index is 0.185. The molecule has 0 radical (unpaired) electrons. The summed E-state index contributed by atoms with van der Waals surface area (Å²) in [5, 5.41) is 54.8. The molecule has 498 valence electrons. The average Bonchev–Trinajstić information content (AvgIpc) is 3.71. The molecule has 1 saturated heterocycles. The largest absolute Gasteiger partial charge is 0.394 e. The van der Waals surface area contributed by atoms with E-state index in [1.807, 2.05) is 6.08 Å². The van der Waals surface area contributed by atoms with Crippen LogP contribution in [0.3, 0.4) is 0 Å². The monoisotopic (exact) mass is 1200 g/mol. The van der Waals surface area contributed by atoms with E-state index in [-0.39, 0.29) is 12.5 Å². The molecule has 0 aromatic heterocycles. The van der Waals surface area contributed by atoms with Crippen molar-refractivity contribution < 1.29 is 39.8 Å². The Morgan fingerprint density at radius 1 is 0.400 bits per heavy atom. The Kier molecular flexibility index (Phi) is 61.7. The number of carbonyl (C=O) groups is 1. The molecule has 0 aliphatic carbocycles. The maximum absolute atomic E-state index is 13.1. The maximum Gasteiger partial charge on any atom is 0.220 e. The Hall–Kier alpha value is -2.11. The summed E-state index contributed by atoms with van der Waals surface area (Å²) in [7, 11) is 0. The number of hydrogen-bond acceptors (Lipinski definition) is 8. The van der Waals surface area contributed by atoms with Crippen molar-refractivity contribution >= 4 is 5.91 Å². The van der Waals surface area contributed by atoms with Crippen molar-refractivity contribution in [3.05, 3.63) is 60.8 Å². The molecule has 85 heavy (non-hydrogen) atoms. The van der Waals surface area contributed by atoms with E-state index in [0.29, 0.717) is 6.42 Å². The number of rotatable bonds is 65. The number of amides is 1. The molecule has 7 unspecified atom stereocenters. The van der Waals surface area contributed by atoms with E-state index in [4.69, 9.17) is 9.47 Å². The van der Waals surface area contributed by atoms with Gasteiger partial charge in [0.25, 0.3) is 0 Å². The van der Waals surface area contributed by atoms with Crippen LogP contribution < -0.4 is 5.32 Å². The van der Waals surface area contributed by atoms with Gasteiger partial charge in [0.15, 0.2) is 6.29 Å². The Bertz CT molecular complexity index is 1530. The van der Waals surface area contributed by atoms with Crippen molar-refractivity contribution in [2.75, 3.05) is 13.2 Å². The summed E-state index contributed by atoms with van der Waals surface area (Å²) in [5.41, 5.74) is 0. The molecule has 1 heterocycles. The van der Waals surface area contributed by atoms with Crippen molar-refractivity contribution in [1.82, 2.24) is 5.32 Å². The zero-order valence-corrected chi connectivity index (χ0v) is 55.9. The van der Waals surface area contributed by atoms with E-state index in [1.165, 1.54) is 289 Å². The lowest BCUT2D eigenvalue weighted by molar-refractivity contribution is -0.302. The lowest BCUT2D eigenvalue weighted by Crippen LogP contribution is -2.60. The number of carbonyl (C=O) groups excluding carboxylic acids is 1. The summed E-state index contributed by atoms with van der Waals surface area (Å²) in [6.45, 7) is 3.79. The minimum Gasteiger partial charge on any atom is -0.394 e. The zero-order chi connectivity index (χ0) is 61.4. The fourth-order valence-electron chi connectivity index (χ4n) is 11.8. The Labute approximate surface area is 526 Å². The molecule has 1 fully saturated rings. The van der Waals surface area contributed by atoms with Crippen molar-refractivity contribution in [3.8, 4) is 0 Å². The summed E-state index contributed by atoms with van der Waals surface area (Å²) < 4.78 is 11.3. The quantitative estimate of drug-likeness (QED) is 0.0261. The van der Waals surface area contributed by atoms with Gasteiger partial charge in [-0.05, 0) is 77.0 Å². The standard InChI is InChI=1S/C76H141NO8/c1-3-5-7-9-11-13-15-17-19-21-23-25-27-29-31-32-33-34-35-36-37-38-40-42-44-46-48-50-52-54-56-58-60-62-64-66-72(80)77-69(68-84-76-75(83)74(82)73(81)71(67-78)85-76)70(79)65-63-61-59-57-55-53-51-49-47-45-43-41-39-30-28-26-24-22-20-18-16-14-12-10-8-6-4-2/h15,17,21,23,47,49,55,57,63,65,69-71,73-76,78-79,81-83H,3-14,16,18-20,22,24-46,48,50-54,56,58-62,64,66-68H2,1-2H3,(H,77,80)/b17-15-,23-21-,49-47+,57-55+,65-63+. The highest BCUT2D eigenvalue weighted by Gasteiger charge is 2.44. The van der Waals surface area contributed by atoms with Gasteiger partial charge in [-0.25, -0.2) is 0 Å². The Morgan fingerprint density at radius 3 is 1.06 bits per heavy atom. The van der Waals surface area contributed by atoms with Gasteiger partial charge in [-0.15, -0.1) is 0 Å². The van der Waals surface area contributed by atoms with Crippen molar-refractivity contribution in [3.63, 3.8) is 0 Å². The number of unbranched alkanes of at least 4 members (excludes halogenated alkanes) is 47. The second-order valence-electron chi connectivity index (χ2n) is 25.7. The van der Waals surface area contributed by atoms with E-state index in [9.17, 15) is 30.3 Å². The Balaban J connectivity index is 2.12. The normalized spacial score (nSPS) is 18.4. The van der Waals surface area contributed by atoms with Crippen LogP contribution in [0.25, 0.3) is 0 Å². The number of hydrogen-bond donors (Lipinski definition) is 6. The molecule has 0 saturated carbocycles. The number of aliphatic hydroxyl groups excluding tert-OH is 5. The van der Waals surface area contributed by atoms with Gasteiger partial charge in [-0.1, -0.05) is 338 Å². The molecule has 0 spiro atoms. The molecule has 0 aromatic rings. The van der Waals surface area contributed by atoms with Gasteiger partial charge in [0, 0.05) is 6.42 Å². The fourth-order valence-corrected chi connectivity index (χ4v) is 11.8. The predicted molar refractivity (Wildman–Crippen MR) is 364 cm³/mol. The van der Waals surface area contributed by atoms with E-state index >= 15 is 0 Å². The molecule has 1 amide bonds. The van der Waals surface area contributed by atoms with Gasteiger partial charge in [-0.3, -0.25) is 4.79 Å². The van der Waals surface area contributed by atoms with Crippen LogP contribution in [0.2, 0.25) is 0 Å². The van der Waals surface area contributed by atoms with Gasteiger partial charge >= 0.3 is 0 Å². The first-order valence-corrected chi connectivity index (χ1v) is 37.0. The first-order valence-electron chi connectivity index (χ1n) is 37.0. The topological polar surface area (TPSA) is 149 Å². The predicted octanol–water partition coefficient (Wildman–Crippen LogP) is 20.5. The summed E-state index contributed by atoms with van der Waals surface area (Å²) in [4.78, 5) is 13.1. The van der Waals surface area contributed by atoms with Crippen molar-refractivity contribution in [1.29, 1.82) is 0 Å². The second kappa shape index (κ2) is 64.9. The number of nitrogens with one attached hydrogen (secondary N) is 1. The van der Waals surface area contributed by atoms with Gasteiger partial charge in [0.1, 0.15) is 24.4 Å². The van der Waals surface area contributed by atoms with E-state index in [2.05, 4.69) is 67.8 Å². The van der Waals surface area contributed by atoms with Crippen molar-refractivity contribution in [2.24, 2.45) is 0 Å². The average molecular weight is 1200 g/mol. The van der Waals surface area contributed by atoms with Crippen LogP contribution in [-0.4, -0.2) is 87.5 Å². The van der Waals surface area contributed by atoms with Crippen LogP contribution in [0.5, 0.6) is 0 Å². The van der Waals surface area contributed by atoms with Gasteiger partial charge in [-0.2, -0.15) is 0 Å². The summed E-state index contributed by atoms with van der Waals surface area (Å²) in [6.07, 6.45) is 83.5.